The van der Waals surface area contributed by atoms with E-state index in [1.807, 2.05) is 31.2 Å². The number of aliphatic carboxylic acids is 1. The Labute approximate surface area is 137 Å². The molecule has 1 aromatic rings. The number of carboxylic acid groups (broad SMARTS) is 1. The number of rotatable bonds is 7. The van der Waals surface area contributed by atoms with E-state index in [9.17, 15) is 14.7 Å². The molecule has 1 aliphatic heterocycles. The fourth-order valence-electron chi connectivity index (χ4n) is 2.78. The van der Waals surface area contributed by atoms with Gasteiger partial charge in [0.05, 0.1) is 12.0 Å². The van der Waals surface area contributed by atoms with Gasteiger partial charge in [-0.3, -0.25) is 9.59 Å². The van der Waals surface area contributed by atoms with Crippen molar-refractivity contribution in [3.05, 3.63) is 29.8 Å². The van der Waals surface area contributed by atoms with Crippen molar-refractivity contribution < 1.29 is 19.4 Å². The highest BCUT2D eigenvalue weighted by Gasteiger charge is 2.41. The van der Waals surface area contributed by atoms with Crippen LogP contribution in [0, 0.1) is 12.3 Å². The Hall–Kier alpha value is -2.04. The van der Waals surface area contributed by atoms with E-state index in [0.29, 0.717) is 32.5 Å². The second-order valence-electron chi connectivity index (χ2n) is 6.55. The highest BCUT2D eigenvalue weighted by atomic mass is 16.5. The van der Waals surface area contributed by atoms with Crippen molar-refractivity contribution in [1.29, 1.82) is 0 Å². The minimum absolute atomic E-state index is 0.0468. The summed E-state index contributed by atoms with van der Waals surface area (Å²) in [6, 6.07) is 7.89. The monoisotopic (exact) mass is 319 g/mol. The van der Waals surface area contributed by atoms with E-state index < -0.39 is 11.4 Å². The lowest BCUT2D eigenvalue weighted by atomic mass is 9.90. The zero-order valence-corrected chi connectivity index (χ0v) is 13.9. The molecule has 126 valence electrons. The molecule has 0 bridgehead atoms. The van der Waals surface area contributed by atoms with E-state index in [4.69, 9.17) is 4.74 Å². The van der Waals surface area contributed by atoms with Gasteiger partial charge in [-0.15, -0.1) is 0 Å². The lowest BCUT2D eigenvalue weighted by Crippen LogP contribution is -2.34. The number of benzene rings is 1. The van der Waals surface area contributed by atoms with Gasteiger partial charge in [0, 0.05) is 19.5 Å². The van der Waals surface area contributed by atoms with Crippen molar-refractivity contribution >= 4 is 11.9 Å². The molecule has 1 amide bonds. The van der Waals surface area contributed by atoms with Crippen LogP contribution in [0.15, 0.2) is 24.3 Å². The Balaban J connectivity index is 1.65. The average molecular weight is 319 g/mol. The Morgan fingerprint density at radius 3 is 2.78 bits per heavy atom. The summed E-state index contributed by atoms with van der Waals surface area (Å²) in [5.74, 6) is 0.0815. The third-order valence-electron chi connectivity index (χ3n) is 4.39. The van der Waals surface area contributed by atoms with E-state index >= 15 is 0 Å². The summed E-state index contributed by atoms with van der Waals surface area (Å²) >= 11 is 0. The standard InChI is InChI=1S/C18H25NO4/c1-14-6-5-7-15(12-14)23-11-4-3-8-16(20)19-10-9-18(2,13-19)17(21)22/h5-7,12H,3-4,8-11,13H2,1-2H3,(H,21,22). The van der Waals surface area contributed by atoms with Gasteiger partial charge in [0.25, 0.3) is 0 Å². The Morgan fingerprint density at radius 2 is 2.13 bits per heavy atom. The molecule has 2 rings (SSSR count). The summed E-state index contributed by atoms with van der Waals surface area (Å²) < 4.78 is 5.66. The number of carbonyl (C=O) groups excluding carboxylic acids is 1. The normalized spacial score (nSPS) is 20.5. The maximum atomic E-state index is 12.1. The van der Waals surface area contributed by atoms with Crippen LogP contribution in [0.3, 0.4) is 0 Å². The summed E-state index contributed by atoms with van der Waals surface area (Å²) in [6.07, 6.45) is 2.55. The van der Waals surface area contributed by atoms with Crippen LogP contribution in [0.5, 0.6) is 5.75 Å². The zero-order chi connectivity index (χ0) is 16.9. The molecule has 1 unspecified atom stereocenters. The average Bonchev–Trinajstić information content (AvgIpc) is 2.91. The lowest BCUT2D eigenvalue weighted by Gasteiger charge is -2.20. The molecule has 1 fully saturated rings. The van der Waals surface area contributed by atoms with Gasteiger partial charge in [0.1, 0.15) is 5.75 Å². The molecular weight excluding hydrogens is 294 g/mol. The van der Waals surface area contributed by atoms with Crippen molar-refractivity contribution in [2.45, 2.75) is 39.5 Å². The predicted octanol–water partition coefficient (Wildman–Crippen LogP) is 2.87. The van der Waals surface area contributed by atoms with Gasteiger partial charge < -0.3 is 14.7 Å². The van der Waals surface area contributed by atoms with Crippen LogP contribution in [-0.2, 0) is 9.59 Å². The smallest absolute Gasteiger partial charge is 0.311 e. The van der Waals surface area contributed by atoms with E-state index in [0.717, 1.165) is 24.2 Å². The topological polar surface area (TPSA) is 66.8 Å². The highest BCUT2D eigenvalue weighted by molar-refractivity contribution is 5.80. The zero-order valence-electron chi connectivity index (χ0n) is 13.9. The number of unbranched alkanes of at least 4 members (excludes halogenated alkanes) is 1. The molecule has 1 aliphatic rings. The fraction of sp³-hybridized carbons (Fsp3) is 0.556. The SMILES string of the molecule is Cc1cccc(OCCCCC(=O)N2CCC(C)(C(=O)O)C2)c1. The first-order chi connectivity index (χ1) is 10.9. The van der Waals surface area contributed by atoms with Gasteiger partial charge in [-0.1, -0.05) is 12.1 Å². The first-order valence-electron chi connectivity index (χ1n) is 8.11. The van der Waals surface area contributed by atoms with Crippen LogP contribution < -0.4 is 4.74 Å². The quantitative estimate of drug-likeness (QED) is 0.785. The maximum absolute atomic E-state index is 12.1. The Morgan fingerprint density at radius 1 is 1.35 bits per heavy atom. The molecule has 0 radical (unpaired) electrons. The molecule has 1 atom stereocenters. The van der Waals surface area contributed by atoms with Crippen molar-refractivity contribution in [2.75, 3.05) is 19.7 Å². The molecule has 0 aliphatic carbocycles. The van der Waals surface area contributed by atoms with Gasteiger partial charge >= 0.3 is 5.97 Å². The number of hydrogen-bond acceptors (Lipinski definition) is 3. The third kappa shape index (κ3) is 4.71. The molecule has 1 heterocycles. The second-order valence-corrected chi connectivity index (χ2v) is 6.55. The minimum atomic E-state index is -0.820. The summed E-state index contributed by atoms with van der Waals surface area (Å²) in [5.41, 5.74) is 0.373. The molecule has 0 aromatic heterocycles. The van der Waals surface area contributed by atoms with Crippen LogP contribution in [0.25, 0.3) is 0 Å². The molecule has 5 nitrogen and oxygen atoms in total. The Bertz CT molecular complexity index is 572. The first-order valence-corrected chi connectivity index (χ1v) is 8.11. The minimum Gasteiger partial charge on any atom is -0.494 e. The number of ether oxygens (including phenoxy) is 1. The van der Waals surface area contributed by atoms with E-state index in [1.54, 1.807) is 11.8 Å². The molecule has 23 heavy (non-hydrogen) atoms. The summed E-state index contributed by atoms with van der Waals surface area (Å²) in [6.45, 7) is 5.18. The molecule has 1 saturated heterocycles. The molecule has 1 aromatic carbocycles. The second kappa shape index (κ2) is 7.49. The number of amides is 1. The molecule has 1 N–H and O–H groups in total. The number of likely N-dealkylation sites (tertiary alicyclic amines) is 1. The van der Waals surface area contributed by atoms with Gasteiger partial charge in [-0.25, -0.2) is 0 Å². The first kappa shape index (κ1) is 17.3. The summed E-state index contributed by atoms with van der Waals surface area (Å²) in [7, 11) is 0. The van der Waals surface area contributed by atoms with Gasteiger partial charge in [0.2, 0.25) is 5.91 Å². The van der Waals surface area contributed by atoms with Crippen LogP contribution in [-0.4, -0.2) is 41.6 Å². The number of carbonyl (C=O) groups is 2. The highest BCUT2D eigenvalue weighted by Crippen LogP contribution is 2.30. The number of hydrogen-bond donors (Lipinski definition) is 1. The largest absolute Gasteiger partial charge is 0.494 e. The lowest BCUT2D eigenvalue weighted by molar-refractivity contribution is -0.147. The molecular formula is C18H25NO4. The number of carboxylic acids is 1. The predicted molar refractivity (Wildman–Crippen MR) is 87.5 cm³/mol. The molecule has 0 spiro atoms. The number of aryl methyl sites for hydroxylation is 1. The summed E-state index contributed by atoms with van der Waals surface area (Å²) in [5, 5.41) is 9.19. The van der Waals surface area contributed by atoms with E-state index in [-0.39, 0.29) is 5.91 Å². The summed E-state index contributed by atoms with van der Waals surface area (Å²) in [4.78, 5) is 25.0. The van der Waals surface area contributed by atoms with Crippen molar-refractivity contribution in [3.8, 4) is 5.75 Å². The third-order valence-corrected chi connectivity index (χ3v) is 4.39. The van der Waals surface area contributed by atoms with Crippen molar-refractivity contribution in [1.82, 2.24) is 4.90 Å². The van der Waals surface area contributed by atoms with E-state index in [1.165, 1.54) is 0 Å². The maximum Gasteiger partial charge on any atom is 0.311 e. The van der Waals surface area contributed by atoms with Crippen LogP contribution in [0.1, 0.15) is 38.2 Å². The van der Waals surface area contributed by atoms with Gasteiger partial charge in [0.15, 0.2) is 0 Å². The Kier molecular flexibility index (Phi) is 5.64. The van der Waals surface area contributed by atoms with Crippen LogP contribution in [0.2, 0.25) is 0 Å². The van der Waals surface area contributed by atoms with Gasteiger partial charge in [-0.2, -0.15) is 0 Å². The number of nitrogens with zero attached hydrogens (tertiary/aromatic N) is 1. The fourth-order valence-corrected chi connectivity index (χ4v) is 2.78. The van der Waals surface area contributed by atoms with Gasteiger partial charge in [-0.05, 0) is 50.8 Å². The molecule has 5 heteroatoms. The van der Waals surface area contributed by atoms with Crippen LogP contribution in [0.4, 0.5) is 0 Å². The van der Waals surface area contributed by atoms with Crippen molar-refractivity contribution in [2.24, 2.45) is 5.41 Å². The van der Waals surface area contributed by atoms with Crippen molar-refractivity contribution in [3.63, 3.8) is 0 Å². The molecule has 0 saturated carbocycles. The van der Waals surface area contributed by atoms with E-state index in [2.05, 4.69) is 0 Å². The van der Waals surface area contributed by atoms with Crippen LogP contribution >= 0.6 is 0 Å².